The molecule has 0 aromatic heterocycles. The Bertz CT molecular complexity index is 799. The van der Waals surface area contributed by atoms with Gasteiger partial charge in [-0.3, -0.25) is 4.90 Å². The van der Waals surface area contributed by atoms with Gasteiger partial charge in [0.15, 0.2) is 0 Å². The summed E-state index contributed by atoms with van der Waals surface area (Å²) in [7, 11) is 3.04. The zero-order valence-corrected chi connectivity index (χ0v) is 19.4. The molecular formula is C22H30Cl2N2O5. The number of nitrogens with zero attached hydrogens (tertiary/aromatic N) is 2. The molecule has 1 aliphatic heterocycles. The SMILES string of the molecule is COC(=O)c1ccc(OCC(O)CN2CCN(c3ccccc3OC)CC2)cc1.Cl.Cl. The third-order valence-electron chi connectivity index (χ3n) is 4.98. The molecule has 7 nitrogen and oxygen atoms in total. The lowest BCUT2D eigenvalue weighted by Gasteiger charge is -2.37. The van der Waals surface area contributed by atoms with Gasteiger partial charge in [-0.15, -0.1) is 24.8 Å². The van der Waals surface area contributed by atoms with Gasteiger partial charge in [-0.25, -0.2) is 4.79 Å². The summed E-state index contributed by atoms with van der Waals surface area (Å²) in [5.41, 5.74) is 1.57. The maximum atomic E-state index is 11.4. The van der Waals surface area contributed by atoms with E-state index in [1.807, 2.05) is 18.2 Å². The van der Waals surface area contributed by atoms with Crippen LogP contribution in [0.15, 0.2) is 48.5 Å². The summed E-state index contributed by atoms with van der Waals surface area (Å²) >= 11 is 0. The number of anilines is 1. The van der Waals surface area contributed by atoms with Gasteiger partial charge < -0.3 is 24.2 Å². The Hall–Kier alpha value is -2.19. The predicted molar refractivity (Wildman–Crippen MR) is 125 cm³/mol. The van der Waals surface area contributed by atoms with Gasteiger partial charge in [0.25, 0.3) is 0 Å². The van der Waals surface area contributed by atoms with Crippen molar-refractivity contribution in [3.05, 3.63) is 54.1 Å². The van der Waals surface area contributed by atoms with Gasteiger partial charge in [-0.05, 0) is 36.4 Å². The maximum absolute atomic E-state index is 11.4. The lowest BCUT2D eigenvalue weighted by Crippen LogP contribution is -2.49. The number of hydrogen-bond donors (Lipinski definition) is 1. The first-order valence-electron chi connectivity index (χ1n) is 9.70. The van der Waals surface area contributed by atoms with Crippen LogP contribution in [-0.2, 0) is 4.74 Å². The van der Waals surface area contributed by atoms with Crippen molar-refractivity contribution in [1.82, 2.24) is 4.90 Å². The van der Waals surface area contributed by atoms with E-state index in [4.69, 9.17) is 9.47 Å². The molecule has 9 heteroatoms. The molecule has 0 bridgehead atoms. The number of para-hydroxylation sites is 2. The molecular weight excluding hydrogens is 443 g/mol. The normalized spacial score (nSPS) is 14.6. The van der Waals surface area contributed by atoms with Crippen LogP contribution < -0.4 is 14.4 Å². The van der Waals surface area contributed by atoms with Gasteiger partial charge in [0.05, 0.1) is 25.5 Å². The summed E-state index contributed by atoms with van der Waals surface area (Å²) < 4.78 is 15.8. The van der Waals surface area contributed by atoms with Crippen LogP contribution in [0, 0.1) is 0 Å². The number of carbonyl (C=O) groups excluding carboxylic acids is 1. The van der Waals surface area contributed by atoms with E-state index in [2.05, 4.69) is 20.6 Å². The predicted octanol–water partition coefficient (Wildman–Crippen LogP) is 2.89. The van der Waals surface area contributed by atoms with Crippen molar-refractivity contribution in [1.29, 1.82) is 0 Å². The smallest absolute Gasteiger partial charge is 0.337 e. The molecule has 1 aliphatic rings. The molecule has 1 heterocycles. The van der Waals surface area contributed by atoms with Crippen LogP contribution >= 0.6 is 24.8 Å². The number of hydrogen-bond acceptors (Lipinski definition) is 7. The van der Waals surface area contributed by atoms with E-state index in [9.17, 15) is 9.90 Å². The molecule has 31 heavy (non-hydrogen) atoms. The lowest BCUT2D eigenvalue weighted by atomic mass is 10.2. The van der Waals surface area contributed by atoms with E-state index >= 15 is 0 Å². The summed E-state index contributed by atoms with van der Waals surface area (Å²) in [5.74, 6) is 1.11. The van der Waals surface area contributed by atoms with E-state index < -0.39 is 6.10 Å². The highest BCUT2D eigenvalue weighted by atomic mass is 35.5. The third-order valence-corrected chi connectivity index (χ3v) is 4.98. The fourth-order valence-corrected chi connectivity index (χ4v) is 3.41. The molecule has 1 unspecified atom stereocenters. The lowest BCUT2D eigenvalue weighted by molar-refractivity contribution is 0.0599. The molecule has 0 radical (unpaired) electrons. The highest BCUT2D eigenvalue weighted by Crippen LogP contribution is 2.28. The molecule has 0 saturated carbocycles. The topological polar surface area (TPSA) is 71.5 Å². The number of piperazine rings is 1. The van der Waals surface area contributed by atoms with Gasteiger partial charge in [-0.1, -0.05) is 12.1 Å². The first-order valence-corrected chi connectivity index (χ1v) is 9.70. The maximum Gasteiger partial charge on any atom is 0.337 e. The molecule has 0 spiro atoms. The molecule has 1 atom stereocenters. The minimum absolute atomic E-state index is 0. The van der Waals surface area contributed by atoms with Crippen LogP contribution in [0.1, 0.15) is 10.4 Å². The van der Waals surface area contributed by atoms with Gasteiger partial charge in [0.2, 0.25) is 0 Å². The number of halogens is 2. The summed E-state index contributed by atoms with van der Waals surface area (Å²) in [5, 5.41) is 10.3. The molecule has 0 aliphatic carbocycles. The average molecular weight is 473 g/mol. The molecule has 0 amide bonds. The van der Waals surface area contributed by atoms with Crippen LogP contribution in [0.3, 0.4) is 0 Å². The molecule has 172 valence electrons. The van der Waals surface area contributed by atoms with Gasteiger partial charge >= 0.3 is 5.97 Å². The number of rotatable bonds is 8. The zero-order chi connectivity index (χ0) is 20.6. The first-order chi connectivity index (χ1) is 14.1. The van der Waals surface area contributed by atoms with E-state index in [1.54, 1.807) is 31.4 Å². The molecule has 1 fully saturated rings. The molecule has 2 aromatic rings. The number of β-amino-alcohol motifs (C(OH)–C–C–N with tert-alkyl or cyclic N) is 1. The number of aliphatic hydroxyl groups excluding tert-OH is 1. The largest absolute Gasteiger partial charge is 0.495 e. The second-order valence-corrected chi connectivity index (χ2v) is 6.94. The summed E-state index contributed by atoms with van der Waals surface area (Å²) in [6.07, 6.45) is -0.590. The van der Waals surface area contributed by atoms with Crippen molar-refractivity contribution >= 4 is 36.5 Å². The number of methoxy groups -OCH3 is 2. The Balaban J connectivity index is 0.00000240. The van der Waals surface area contributed by atoms with E-state index in [0.717, 1.165) is 37.6 Å². The number of ether oxygens (including phenoxy) is 3. The van der Waals surface area contributed by atoms with Gasteiger partial charge in [0.1, 0.15) is 24.2 Å². The Labute approximate surface area is 195 Å². The van der Waals surface area contributed by atoms with Crippen LogP contribution in [0.2, 0.25) is 0 Å². The summed E-state index contributed by atoms with van der Waals surface area (Å²) in [6, 6.07) is 14.7. The molecule has 1 saturated heterocycles. The molecule has 2 aromatic carbocycles. The highest BCUT2D eigenvalue weighted by molar-refractivity contribution is 5.89. The van der Waals surface area contributed by atoms with E-state index in [0.29, 0.717) is 17.9 Å². The van der Waals surface area contributed by atoms with Crippen molar-refractivity contribution in [3.63, 3.8) is 0 Å². The quantitative estimate of drug-likeness (QED) is 0.592. The Kier molecular flexibility index (Phi) is 11.5. The molecule has 1 N–H and O–H groups in total. The van der Waals surface area contributed by atoms with Crippen molar-refractivity contribution < 1.29 is 24.1 Å². The monoisotopic (exact) mass is 472 g/mol. The van der Waals surface area contributed by atoms with E-state index in [1.165, 1.54) is 7.11 Å². The highest BCUT2D eigenvalue weighted by Gasteiger charge is 2.21. The number of aliphatic hydroxyl groups is 1. The Morgan fingerprint density at radius 1 is 1.00 bits per heavy atom. The van der Waals surface area contributed by atoms with Crippen LogP contribution in [0.25, 0.3) is 0 Å². The summed E-state index contributed by atoms with van der Waals surface area (Å²) in [4.78, 5) is 16.0. The van der Waals surface area contributed by atoms with Gasteiger partial charge in [-0.2, -0.15) is 0 Å². The van der Waals surface area contributed by atoms with Crippen LogP contribution in [-0.4, -0.2) is 75.6 Å². The minimum atomic E-state index is -0.590. The van der Waals surface area contributed by atoms with Crippen molar-refractivity contribution in [2.45, 2.75) is 6.10 Å². The number of benzene rings is 2. The Morgan fingerprint density at radius 3 is 2.26 bits per heavy atom. The fraction of sp³-hybridized carbons (Fsp3) is 0.409. The summed E-state index contributed by atoms with van der Waals surface area (Å²) in [6.45, 7) is 4.24. The first kappa shape index (κ1) is 26.8. The minimum Gasteiger partial charge on any atom is -0.495 e. The van der Waals surface area contributed by atoms with E-state index in [-0.39, 0.29) is 37.4 Å². The second kappa shape index (κ2) is 13.3. The van der Waals surface area contributed by atoms with Crippen molar-refractivity contribution in [2.75, 3.05) is 58.5 Å². The fourth-order valence-electron chi connectivity index (χ4n) is 3.41. The number of esters is 1. The standard InChI is InChI=1S/C22H28N2O5.2ClH/c1-27-21-6-4-3-5-20(21)24-13-11-23(12-14-24)15-18(25)16-29-19-9-7-17(8-10-19)22(26)28-2;;/h3-10,18,25H,11-16H2,1-2H3;2*1H. The van der Waals surface area contributed by atoms with Gasteiger partial charge in [0, 0.05) is 32.7 Å². The average Bonchev–Trinajstić information content (AvgIpc) is 2.78. The second-order valence-electron chi connectivity index (χ2n) is 6.94. The van der Waals surface area contributed by atoms with Crippen LogP contribution in [0.4, 0.5) is 5.69 Å². The zero-order valence-electron chi connectivity index (χ0n) is 17.7. The van der Waals surface area contributed by atoms with Crippen molar-refractivity contribution in [2.24, 2.45) is 0 Å². The van der Waals surface area contributed by atoms with Crippen LogP contribution in [0.5, 0.6) is 11.5 Å². The Morgan fingerprint density at radius 2 is 1.65 bits per heavy atom. The third kappa shape index (κ3) is 7.47. The van der Waals surface area contributed by atoms with Crippen molar-refractivity contribution in [3.8, 4) is 11.5 Å². The number of carbonyl (C=O) groups is 1. The molecule has 3 rings (SSSR count).